The van der Waals surface area contributed by atoms with Crippen LogP contribution in [0.25, 0.3) is 0 Å². The van der Waals surface area contributed by atoms with Gasteiger partial charge in [0.25, 0.3) is 0 Å². The lowest BCUT2D eigenvalue weighted by molar-refractivity contribution is -0.137. The number of aromatic nitrogens is 2. The molecule has 1 heterocycles. The number of likely N-dealkylation sites (N-methyl/N-ethyl adjacent to an activating group) is 1. The Bertz CT molecular complexity index is 764. The number of amides is 1. The maximum atomic E-state index is 12.8. The first-order valence-electron chi connectivity index (χ1n) is 7.85. The van der Waals surface area contributed by atoms with E-state index in [1.54, 1.807) is 11.9 Å². The summed E-state index contributed by atoms with van der Waals surface area (Å²) in [6.07, 6.45) is -3.01. The summed E-state index contributed by atoms with van der Waals surface area (Å²) in [5.41, 5.74) is -0.984. The maximum absolute atomic E-state index is 12.8. The number of alkyl halides is 3. The molecule has 0 aliphatic carbocycles. The van der Waals surface area contributed by atoms with Gasteiger partial charge in [0.2, 0.25) is 11.8 Å². The molecule has 26 heavy (non-hydrogen) atoms. The van der Waals surface area contributed by atoms with Crippen LogP contribution in [-0.2, 0) is 23.9 Å². The summed E-state index contributed by atoms with van der Waals surface area (Å²) < 4.78 is 43.6. The fourth-order valence-electron chi connectivity index (χ4n) is 2.23. The molecule has 0 radical (unpaired) electrons. The highest BCUT2D eigenvalue weighted by Gasteiger charge is 2.33. The minimum Gasteiger partial charge on any atom is -0.338 e. The van der Waals surface area contributed by atoms with Crippen LogP contribution in [0.15, 0.2) is 22.7 Å². The van der Waals surface area contributed by atoms with Crippen LogP contribution in [0.4, 0.5) is 18.9 Å². The third kappa shape index (κ3) is 5.70. The van der Waals surface area contributed by atoms with E-state index in [1.807, 2.05) is 6.92 Å². The van der Waals surface area contributed by atoms with Crippen LogP contribution in [0.3, 0.4) is 0 Å². The second kappa shape index (κ2) is 8.50. The third-order valence-corrected chi connectivity index (χ3v) is 3.69. The van der Waals surface area contributed by atoms with Crippen LogP contribution < -0.4 is 5.32 Å². The Labute approximate surface area is 153 Å². The average molecular weight is 391 g/mol. The summed E-state index contributed by atoms with van der Waals surface area (Å²) in [5, 5.41) is 5.81. The van der Waals surface area contributed by atoms with Gasteiger partial charge in [0.1, 0.15) is 0 Å². The molecule has 142 valence electrons. The number of nitrogens with zero attached hydrogens (tertiary/aromatic N) is 3. The van der Waals surface area contributed by atoms with Crippen molar-refractivity contribution < 1.29 is 22.5 Å². The number of hydrogen-bond donors (Lipinski definition) is 1. The summed E-state index contributed by atoms with van der Waals surface area (Å²) in [5.74, 6) is 0.493. The summed E-state index contributed by atoms with van der Waals surface area (Å²) in [7, 11) is 1.66. The summed E-state index contributed by atoms with van der Waals surface area (Å²) >= 11 is 5.55. The van der Waals surface area contributed by atoms with E-state index in [9.17, 15) is 18.0 Å². The Morgan fingerprint density at radius 2 is 2.12 bits per heavy atom. The van der Waals surface area contributed by atoms with Crippen molar-refractivity contribution in [1.29, 1.82) is 0 Å². The van der Waals surface area contributed by atoms with E-state index in [1.165, 1.54) is 6.07 Å². The lowest BCUT2D eigenvalue weighted by Crippen LogP contribution is -2.30. The molecule has 0 spiro atoms. The average Bonchev–Trinajstić information content (AvgIpc) is 2.95. The van der Waals surface area contributed by atoms with Gasteiger partial charge in [-0.05, 0) is 31.7 Å². The van der Waals surface area contributed by atoms with Gasteiger partial charge in [0, 0.05) is 12.1 Å². The first kappa shape index (κ1) is 20.2. The van der Waals surface area contributed by atoms with Crippen molar-refractivity contribution in [2.45, 2.75) is 32.5 Å². The van der Waals surface area contributed by atoms with E-state index in [0.717, 1.165) is 18.6 Å². The maximum Gasteiger partial charge on any atom is 0.417 e. The van der Waals surface area contributed by atoms with Crippen LogP contribution in [0.5, 0.6) is 0 Å². The van der Waals surface area contributed by atoms with E-state index in [4.69, 9.17) is 16.1 Å². The zero-order valence-corrected chi connectivity index (χ0v) is 15.0. The molecular formula is C16H18ClF3N4O2. The molecule has 10 heteroatoms. The molecule has 0 atom stereocenters. The standard InChI is InChI=1S/C16H18ClF3N4O2/c1-3-4-13-22-15(26-23-13)9-24(2)8-14(25)21-10-5-6-12(17)11(7-10)16(18,19)20/h5-7H,3-4,8-9H2,1-2H3,(H,21,25). The number of carbonyl (C=O) groups is 1. The lowest BCUT2D eigenvalue weighted by Gasteiger charge is -2.15. The highest BCUT2D eigenvalue weighted by atomic mass is 35.5. The van der Waals surface area contributed by atoms with Crippen molar-refractivity contribution in [2.24, 2.45) is 0 Å². The topological polar surface area (TPSA) is 71.3 Å². The molecule has 0 fully saturated rings. The van der Waals surface area contributed by atoms with Gasteiger partial charge in [0.15, 0.2) is 5.82 Å². The van der Waals surface area contributed by atoms with Crippen LogP contribution >= 0.6 is 11.6 Å². The molecule has 0 saturated heterocycles. The SMILES string of the molecule is CCCc1noc(CN(C)CC(=O)Nc2ccc(Cl)c(C(F)(F)F)c2)n1. The molecular weight excluding hydrogens is 373 g/mol. The molecule has 6 nitrogen and oxygen atoms in total. The predicted octanol–water partition coefficient (Wildman–Crippen LogP) is 3.76. The second-order valence-electron chi connectivity index (χ2n) is 5.77. The Morgan fingerprint density at radius 3 is 2.77 bits per heavy atom. The summed E-state index contributed by atoms with van der Waals surface area (Å²) in [6, 6.07) is 3.21. The highest BCUT2D eigenvalue weighted by Crippen LogP contribution is 2.36. The van der Waals surface area contributed by atoms with E-state index < -0.39 is 22.7 Å². The van der Waals surface area contributed by atoms with Gasteiger partial charge >= 0.3 is 6.18 Å². The number of nitrogens with one attached hydrogen (secondary N) is 1. The van der Waals surface area contributed by atoms with Gasteiger partial charge < -0.3 is 9.84 Å². The van der Waals surface area contributed by atoms with Crippen molar-refractivity contribution in [1.82, 2.24) is 15.0 Å². The number of halogens is 4. The van der Waals surface area contributed by atoms with E-state index in [2.05, 4.69) is 15.5 Å². The van der Waals surface area contributed by atoms with Crippen molar-refractivity contribution >= 4 is 23.2 Å². The van der Waals surface area contributed by atoms with E-state index in [-0.39, 0.29) is 18.8 Å². The van der Waals surface area contributed by atoms with Crippen molar-refractivity contribution in [2.75, 3.05) is 18.9 Å². The molecule has 1 aromatic carbocycles. The van der Waals surface area contributed by atoms with Crippen molar-refractivity contribution in [3.8, 4) is 0 Å². The zero-order valence-electron chi connectivity index (χ0n) is 14.2. The normalized spacial score (nSPS) is 11.8. The number of anilines is 1. The fraction of sp³-hybridized carbons (Fsp3) is 0.438. The van der Waals surface area contributed by atoms with Gasteiger partial charge in [-0.3, -0.25) is 9.69 Å². The number of rotatable bonds is 7. The zero-order chi connectivity index (χ0) is 19.3. The van der Waals surface area contributed by atoms with Gasteiger partial charge in [-0.25, -0.2) is 0 Å². The summed E-state index contributed by atoms with van der Waals surface area (Å²) in [6.45, 7) is 2.18. The molecule has 1 aromatic heterocycles. The minimum absolute atomic E-state index is 0.0168. The van der Waals surface area contributed by atoms with Crippen molar-refractivity contribution in [3.05, 3.63) is 40.5 Å². The van der Waals surface area contributed by atoms with Gasteiger partial charge in [-0.2, -0.15) is 18.2 Å². The highest BCUT2D eigenvalue weighted by molar-refractivity contribution is 6.31. The molecule has 1 N–H and O–H groups in total. The molecule has 0 aliphatic rings. The van der Waals surface area contributed by atoms with Crippen LogP contribution in [0, 0.1) is 0 Å². The van der Waals surface area contributed by atoms with Gasteiger partial charge in [-0.15, -0.1) is 0 Å². The van der Waals surface area contributed by atoms with Crippen LogP contribution in [0.1, 0.15) is 30.6 Å². The Balaban J connectivity index is 1.93. The summed E-state index contributed by atoms with van der Waals surface area (Å²) in [4.78, 5) is 17.8. The molecule has 0 bridgehead atoms. The largest absolute Gasteiger partial charge is 0.417 e. The van der Waals surface area contributed by atoms with Gasteiger partial charge in [0.05, 0.1) is 23.7 Å². The Hall–Kier alpha value is -2.13. The first-order valence-corrected chi connectivity index (χ1v) is 8.23. The smallest absolute Gasteiger partial charge is 0.338 e. The number of hydrogen-bond acceptors (Lipinski definition) is 5. The second-order valence-corrected chi connectivity index (χ2v) is 6.17. The number of benzene rings is 1. The number of aryl methyl sites for hydroxylation is 1. The molecule has 2 rings (SSSR count). The minimum atomic E-state index is -4.59. The molecule has 0 aliphatic heterocycles. The number of carbonyl (C=O) groups excluding carboxylic acids is 1. The predicted molar refractivity (Wildman–Crippen MR) is 89.7 cm³/mol. The van der Waals surface area contributed by atoms with Crippen LogP contribution in [-0.4, -0.2) is 34.5 Å². The van der Waals surface area contributed by atoms with E-state index >= 15 is 0 Å². The van der Waals surface area contributed by atoms with Gasteiger partial charge in [-0.1, -0.05) is 23.7 Å². The molecule has 1 amide bonds. The monoisotopic (exact) mass is 390 g/mol. The van der Waals surface area contributed by atoms with Crippen LogP contribution in [0.2, 0.25) is 5.02 Å². The molecule has 0 unspecified atom stereocenters. The first-order chi connectivity index (χ1) is 12.2. The van der Waals surface area contributed by atoms with Crippen molar-refractivity contribution in [3.63, 3.8) is 0 Å². The molecule has 0 saturated carbocycles. The Morgan fingerprint density at radius 1 is 1.38 bits per heavy atom. The third-order valence-electron chi connectivity index (χ3n) is 3.36. The lowest BCUT2D eigenvalue weighted by atomic mass is 10.2. The van der Waals surface area contributed by atoms with E-state index in [0.29, 0.717) is 18.1 Å². The quantitative estimate of drug-likeness (QED) is 0.779. The molecule has 2 aromatic rings. The Kier molecular flexibility index (Phi) is 6.60. The fourth-order valence-corrected chi connectivity index (χ4v) is 2.46.